The predicted octanol–water partition coefficient (Wildman–Crippen LogP) is 0.305. The standard InChI is InChI=1S/C12H11N3O4S/c1-5-6(3-13-14-5)2-7-10(17)15-9(12(18)19)8(4-16)20-11(7)15/h2-3,11,16H,4H2,1H3,(H,13,14)(H,18,19)/b7-2-. The van der Waals surface area contributed by atoms with Gasteiger partial charge < -0.3 is 10.2 Å². The van der Waals surface area contributed by atoms with Crippen LogP contribution in [-0.4, -0.2) is 49.2 Å². The van der Waals surface area contributed by atoms with Crippen LogP contribution in [0, 0.1) is 6.92 Å². The van der Waals surface area contributed by atoms with E-state index < -0.39 is 5.97 Å². The molecule has 0 aromatic carbocycles. The zero-order chi connectivity index (χ0) is 14.4. The number of thioether (sulfide) groups is 1. The molecule has 3 rings (SSSR count). The van der Waals surface area contributed by atoms with E-state index in [-0.39, 0.29) is 23.6 Å². The van der Waals surface area contributed by atoms with Crippen LogP contribution in [-0.2, 0) is 9.59 Å². The van der Waals surface area contributed by atoms with E-state index in [4.69, 9.17) is 5.11 Å². The van der Waals surface area contributed by atoms with E-state index in [1.165, 1.54) is 16.7 Å². The number of rotatable bonds is 3. The first-order valence-electron chi connectivity index (χ1n) is 5.83. The van der Waals surface area contributed by atoms with E-state index in [1.807, 2.05) is 6.92 Å². The molecular formula is C12H11N3O4S. The largest absolute Gasteiger partial charge is 0.477 e. The van der Waals surface area contributed by atoms with Crippen LogP contribution >= 0.6 is 11.8 Å². The lowest BCUT2D eigenvalue weighted by Gasteiger charge is -2.37. The molecule has 8 heteroatoms. The van der Waals surface area contributed by atoms with Gasteiger partial charge in [-0.05, 0) is 13.0 Å². The van der Waals surface area contributed by atoms with Gasteiger partial charge in [0, 0.05) is 16.2 Å². The van der Waals surface area contributed by atoms with Crippen molar-refractivity contribution in [2.45, 2.75) is 12.3 Å². The Morgan fingerprint density at radius 1 is 1.65 bits per heavy atom. The number of amides is 1. The summed E-state index contributed by atoms with van der Waals surface area (Å²) in [5.41, 5.74) is 2.03. The third-order valence-electron chi connectivity index (χ3n) is 3.25. The topological polar surface area (TPSA) is 107 Å². The Kier molecular flexibility index (Phi) is 2.91. The third-order valence-corrected chi connectivity index (χ3v) is 4.55. The third kappa shape index (κ3) is 1.69. The summed E-state index contributed by atoms with van der Waals surface area (Å²) in [6, 6.07) is 0. The van der Waals surface area contributed by atoms with E-state index in [1.54, 1.807) is 12.3 Å². The van der Waals surface area contributed by atoms with Crippen LogP contribution in [0.25, 0.3) is 6.08 Å². The van der Waals surface area contributed by atoms with Crippen LogP contribution in [0.1, 0.15) is 11.3 Å². The minimum absolute atomic E-state index is 0.117. The molecule has 0 bridgehead atoms. The molecule has 7 nitrogen and oxygen atoms in total. The second kappa shape index (κ2) is 4.50. The van der Waals surface area contributed by atoms with Crippen molar-refractivity contribution in [1.29, 1.82) is 0 Å². The fourth-order valence-electron chi connectivity index (χ4n) is 2.22. The molecule has 1 unspecified atom stereocenters. The molecule has 1 fully saturated rings. The molecule has 1 aromatic heterocycles. The molecule has 0 spiro atoms. The molecule has 0 saturated carbocycles. The summed E-state index contributed by atoms with van der Waals surface area (Å²) >= 11 is 1.19. The first-order chi connectivity index (χ1) is 9.54. The number of nitrogens with one attached hydrogen (secondary N) is 1. The minimum Gasteiger partial charge on any atom is -0.477 e. The van der Waals surface area contributed by atoms with Gasteiger partial charge in [-0.2, -0.15) is 5.10 Å². The SMILES string of the molecule is Cc1[nH]ncc1/C=C1/C(=O)N2C(C(=O)O)=C(CO)SC12. The van der Waals surface area contributed by atoms with Crippen LogP contribution in [0.5, 0.6) is 0 Å². The van der Waals surface area contributed by atoms with Gasteiger partial charge >= 0.3 is 5.97 Å². The monoisotopic (exact) mass is 293 g/mol. The molecular weight excluding hydrogens is 282 g/mol. The number of carboxylic acid groups (broad SMARTS) is 1. The number of H-pyrrole nitrogens is 1. The first kappa shape index (κ1) is 12.9. The zero-order valence-electron chi connectivity index (χ0n) is 10.5. The summed E-state index contributed by atoms with van der Waals surface area (Å²) in [4.78, 5) is 24.8. The number of aryl methyl sites for hydroxylation is 1. The number of aliphatic hydroxyl groups is 1. The highest BCUT2D eigenvalue weighted by Gasteiger charge is 2.52. The summed E-state index contributed by atoms with van der Waals surface area (Å²) in [5, 5.41) is 24.6. The van der Waals surface area contributed by atoms with Crippen LogP contribution in [0.15, 0.2) is 22.4 Å². The molecule has 3 heterocycles. The number of β-lactam (4-membered cyclic amide) rings is 1. The quantitative estimate of drug-likeness (QED) is 0.547. The van der Waals surface area contributed by atoms with Gasteiger partial charge in [0.25, 0.3) is 5.91 Å². The Labute approximate surface area is 118 Å². The fraction of sp³-hybridized carbons (Fsp3) is 0.250. The zero-order valence-corrected chi connectivity index (χ0v) is 11.3. The van der Waals surface area contributed by atoms with E-state index >= 15 is 0 Å². The van der Waals surface area contributed by atoms with Gasteiger partial charge in [0.2, 0.25) is 0 Å². The van der Waals surface area contributed by atoms with Crippen molar-refractivity contribution in [3.05, 3.63) is 33.6 Å². The summed E-state index contributed by atoms with van der Waals surface area (Å²) in [6.45, 7) is 1.45. The first-order valence-corrected chi connectivity index (χ1v) is 6.71. The van der Waals surface area contributed by atoms with Gasteiger partial charge in [-0.1, -0.05) is 11.8 Å². The molecule has 104 valence electrons. The lowest BCUT2D eigenvalue weighted by Crippen LogP contribution is -2.51. The Bertz CT molecular complexity index is 676. The number of hydrogen-bond acceptors (Lipinski definition) is 5. The molecule has 0 radical (unpaired) electrons. The van der Waals surface area contributed by atoms with Crippen LogP contribution < -0.4 is 0 Å². The van der Waals surface area contributed by atoms with Crippen molar-refractivity contribution < 1.29 is 19.8 Å². The Hall–Kier alpha value is -2.06. The Morgan fingerprint density at radius 3 is 2.95 bits per heavy atom. The number of aromatic nitrogens is 2. The van der Waals surface area contributed by atoms with Gasteiger partial charge in [-0.3, -0.25) is 14.8 Å². The molecule has 1 amide bonds. The molecule has 3 N–H and O–H groups in total. The Morgan fingerprint density at radius 2 is 2.40 bits per heavy atom. The molecule has 20 heavy (non-hydrogen) atoms. The summed E-state index contributed by atoms with van der Waals surface area (Å²) in [6.07, 6.45) is 3.31. The highest BCUT2D eigenvalue weighted by molar-refractivity contribution is 8.04. The number of aromatic amines is 1. The van der Waals surface area contributed by atoms with Crippen molar-refractivity contribution in [1.82, 2.24) is 15.1 Å². The van der Waals surface area contributed by atoms with Gasteiger partial charge in [-0.15, -0.1) is 0 Å². The van der Waals surface area contributed by atoms with E-state index in [2.05, 4.69) is 10.2 Å². The molecule has 2 aliphatic rings. The average molecular weight is 293 g/mol. The van der Waals surface area contributed by atoms with Crippen LogP contribution in [0.3, 0.4) is 0 Å². The average Bonchev–Trinajstić information content (AvgIpc) is 2.97. The summed E-state index contributed by atoms with van der Waals surface area (Å²) < 4.78 is 0. The molecule has 1 saturated heterocycles. The van der Waals surface area contributed by atoms with E-state index in [0.29, 0.717) is 10.5 Å². The second-order valence-electron chi connectivity index (χ2n) is 4.43. The Balaban J connectivity index is 1.94. The number of carbonyl (C=O) groups excluding carboxylic acids is 1. The molecule has 0 aliphatic carbocycles. The van der Waals surface area contributed by atoms with Gasteiger partial charge in [0.05, 0.1) is 18.4 Å². The molecule has 2 aliphatic heterocycles. The van der Waals surface area contributed by atoms with Crippen molar-refractivity contribution in [2.75, 3.05) is 6.61 Å². The number of carboxylic acids is 1. The lowest BCUT2D eigenvalue weighted by molar-refractivity contribution is -0.141. The fourth-order valence-corrected chi connectivity index (χ4v) is 3.47. The number of aliphatic hydroxyl groups excluding tert-OH is 1. The van der Waals surface area contributed by atoms with Gasteiger partial charge in [-0.25, -0.2) is 4.79 Å². The maximum absolute atomic E-state index is 12.1. The number of aliphatic carboxylic acids is 1. The van der Waals surface area contributed by atoms with Gasteiger partial charge in [0.1, 0.15) is 11.1 Å². The number of carbonyl (C=O) groups is 2. The van der Waals surface area contributed by atoms with Crippen molar-refractivity contribution in [3.63, 3.8) is 0 Å². The summed E-state index contributed by atoms with van der Waals surface area (Å²) in [5.74, 6) is -1.54. The molecule has 1 aromatic rings. The summed E-state index contributed by atoms with van der Waals surface area (Å²) in [7, 11) is 0. The molecule has 1 atom stereocenters. The van der Waals surface area contributed by atoms with E-state index in [9.17, 15) is 14.7 Å². The normalized spacial score (nSPS) is 23.3. The number of hydrogen-bond donors (Lipinski definition) is 3. The van der Waals surface area contributed by atoms with E-state index in [0.717, 1.165) is 11.3 Å². The smallest absolute Gasteiger partial charge is 0.353 e. The van der Waals surface area contributed by atoms with Crippen molar-refractivity contribution in [3.8, 4) is 0 Å². The minimum atomic E-state index is -1.20. The highest BCUT2D eigenvalue weighted by atomic mass is 32.2. The second-order valence-corrected chi connectivity index (χ2v) is 5.61. The highest BCUT2D eigenvalue weighted by Crippen LogP contribution is 2.49. The van der Waals surface area contributed by atoms with Crippen molar-refractivity contribution in [2.24, 2.45) is 0 Å². The van der Waals surface area contributed by atoms with Crippen LogP contribution in [0.2, 0.25) is 0 Å². The van der Waals surface area contributed by atoms with Crippen molar-refractivity contribution >= 4 is 29.7 Å². The van der Waals surface area contributed by atoms with Crippen LogP contribution in [0.4, 0.5) is 0 Å². The predicted molar refractivity (Wildman–Crippen MR) is 71.3 cm³/mol. The maximum atomic E-state index is 12.1. The van der Waals surface area contributed by atoms with Gasteiger partial charge in [0.15, 0.2) is 0 Å². The maximum Gasteiger partial charge on any atom is 0.353 e. The number of nitrogens with zero attached hydrogens (tertiary/aromatic N) is 2. The number of fused-ring (bicyclic) bond motifs is 1. The lowest BCUT2D eigenvalue weighted by atomic mass is 10.0.